The van der Waals surface area contributed by atoms with Gasteiger partial charge in [0.05, 0.1) is 33.0 Å². The number of rotatable bonds is 14. The highest BCUT2D eigenvalue weighted by atomic mass is 16.5. The molecule has 0 aliphatic carbocycles. The maximum absolute atomic E-state index is 13.1. The second kappa shape index (κ2) is 19.2. The molecule has 1 rings (SSSR count). The molecule has 1 heterocycles. The van der Waals surface area contributed by atoms with Crippen molar-refractivity contribution in [3.8, 4) is 0 Å². The Hall–Kier alpha value is -2.96. The van der Waals surface area contributed by atoms with Gasteiger partial charge in [-0.05, 0) is 18.3 Å². The van der Waals surface area contributed by atoms with Crippen LogP contribution in [0.4, 0.5) is 4.79 Å². The van der Waals surface area contributed by atoms with E-state index in [-0.39, 0.29) is 24.3 Å². The van der Waals surface area contributed by atoms with Crippen molar-refractivity contribution in [2.24, 2.45) is 11.8 Å². The summed E-state index contributed by atoms with van der Waals surface area (Å²) in [5.74, 6) is -1.34. The fourth-order valence-corrected chi connectivity index (χ4v) is 3.32. The highest BCUT2D eigenvalue weighted by molar-refractivity contribution is 5.93. The number of methoxy groups -OCH3 is 1. The van der Waals surface area contributed by atoms with Crippen LogP contribution in [0.2, 0.25) is 0 Å². The molecular weight excluding hydrogens is 494 g/mol. The molecule has 216 valence electrons. The molecular formula is C26H45N5O7. The Morgan fingerprint density at radius 1 is 1.03 bits per heavy atom. The van der Waals surface area contributed by atoms with E-state index in [1.54, 1.807) is 39.2 Å². The zero-order valence-corrected chi connectivity index (χ0v) is 23.2. The fourth-order valence-electron chi connectivity index (χ4n) is 3.32. The van der Waals surface area contributed by atoms with Gasteiger partial charge in [-0.2, -0.15) is 0 Å². The lowest BCUT2D eigenvalue weighted by atomic mass is 10.0. The normalized spacial score (nSPS) is 19.2. The van der Waals surface area contributed by atoms with Crippen molar-refractivity contribution in [1.29, 1.82) is 0 Å². The van der Waals surface area contributed by atoms with Crippen molar-refractivity contribution < 1.29 is 33.4 Å². The molecule has 0 bridgehead atoms. The van der Waals surface area contributed by atoms with Gasteiger partial charge in [0.25, 0.3) is 0 Å². The molecule has 0 spiro atoms. The van der Waals surface area contributed by atoms with Crippen molar-refractivity contribution >= 4 is 23.8 Å². The molecule has 5 amide bonds. The van der Waals surface area contributed by atoms with E-state index in [1.807, 2.05) is 13.8 Å². The zero-order chi connectivity index (χ0) is 28.3. The van der Waals surface area contributed by atoms with Crippen LogP contribution in [-0.4, -0.2) is 95.1 Å². The number of hydrogen-bond acceptors (Lipinski definition) is 7. The number of carbonyl (C=O) groups is 4. The summed E-state index contributed by atoms with van der Waals surface area (Å²) in [5.41, 5.74) is 0. The van der Waals surface area contributed by atoms with Crippen LogP contribution in [0.15, 0.2) is 24.3 Å². The lowest BCUT2D eigenvalue weighted by molar-refractivity contribution is -0.129. The largest absolute Gasteiger partial charge is 0.382 e. The summed E-state index contributed by atoms with van der Waals surface area (Å²) in [6, 6.07) is -2.73. The monoisotopic (exact) mass is 539 g/mol. The number of ether oxygens (including phenoxy) is 3. The molecule has 0 radical (unpaired) electrons. The Morgan fingerprint density at radius 3 is 2.37 bits per heavy atom. The summed E-state index contributed by atoms with van der Waals surface area (Å²) in [6.45, 7) is 10.2. The average molecular weight is 540 g/mol. The van der Waals surface area contributed by atoms with Gasteiger partial charge >= 0.3 is 6.03 Å². The number of carbonyl (C=O) groups excluding carboxylic acids is 4. The van der Waals surface area contributed by atoms with E-state index in [2.05, 4.69) is 26.6 Å². The predicted molar refractivity (Wildman–Crippen MR) is 143 cm³/mol. The van der Waals surface area contributed by atoms with Crippen LogP contribution >= 0.6 is 0 Å². The number of urea groups is 1. The zero-order valence-electron chi connectivity index (χ0n) is 23.2. The molecule has 5 N–H and O–H groups in total. The maximum atomic E-state index is 13.1. The highest BCUT2D eigenvalue weighted by Crippen LogP contribution is 2.07. The smallest absolute Gasteiger partial charge is 0.315 e. The third kappa shape index (κ3) is 14.1. The second-order valence-electron chi connectivity index (χ2n) is 9.47. The highest BCUT2D eigenvalue weighted by Gasteiger charge is 2.28. The van der Waals surface area contributed by atoms with Gasteiger partial charge in [0.1, 0.15) is 12.1 Å². The molecule has 0 saturated heterocycles. The molecule has 0 saturated carbocycles. The van der Waals surface area contributed by atoms with Crippen LogP contribution in [0.25, 0.3) is 0 Å². The van der Waals surface area contributed by atoms with Gasteiger partial charge < -0.3 is 40.8 Å². The Kier molecular flexibility index (Phi) is 16.7. The van der Waals surface area contributed by atoms with Gasteiger partial charge in [0.15, 0.2) is 0 Å². The van der Waals surface area contributed by atoms with Crippen LogP contribution in [0.3, 0.4) is 0 Å². The van der Waals surface area contributed by atoms with E-state index in [9.17, 15) is 19.2 Å². The molecule has 0 fully saturated rings. The number of amides is 5. The van der Waals surface area contributed by atoms with Gasteiger partial charge in [0, 0.05) is 32.3 Å². The Morgan fingerprint density at radius 2 is 1.71 bits per heavy atom. The Labute approximate surface area is 225 Å². The van der Waals surface area contributed by atoms with E-state index >= 15 is 0 Å². The molecule has 0 aromatic rings. The summed E-state index contributed by atoms with van der Waals surface area (Å²) < 4.78 is 15.6. The van der Waals surface area contributed by atoms with Crippen molar-refractivity contribution in [2.45, 2.75) is 52.2 Å². The SMILES string of the molecule is COCCOCCOCCNC(=O)NC(C(=O)NC1C=CCCNC(=O)C=CC(C(C)C)NC1=O)C(C)C. The molecule has 3 atom stereocenters. The third-order valence-corrected chi connectivity index (χ3v) is 5.57. The van der Waals surface area contributed by atoms with E-state index in [0.717, 1.165) is 0 Å². The molecule has 12 nitrogen and oxygen atoms in total. The molecule has 0 aromatic carbocycles. The van der Waals surface area contributed by atoms with Crippen LogP contribution < -0.4 is 26.6 Å². The first-order chi connectivity index (χ1) is 18.1. The summed E-state index contributed by atoms with van der Waals surface area (Å²) in [6.07, 6.45) is 6.86. The first kappa shape index (κ1) is 33.1. The van der Waals surface area contributed by atoms with Crippen LogP contribution in [-0.2, 0) is 28.6 Å². The van der Waals surface area contributed by atoms with Gasteiger partial charge in [-0.1, -0.05) is 45.9 Å². The fraction of sp³-hybridized carbons (Fsp3) is 0.692. The molecule has 0 aromatic heterocycles. The molecule has 38 heavy (non-hydrogen) atoms. The second-order valence-corrected chi connectivity index (χ2v) is 9.47. The van der Waals surface area contributed by atoms with E-state index < -0.39 is 36.0 Å². The van der Waals surface area contributed by atoms with Gasteiger partial charge in [0.2, 0.25) is 17.7 Å². The van der Waals surface area contributed by atoms with Crippen molar-refractivity contribution in [3.63, 3.8) is 0 Å². The first-order valence-corrected chi connectivity index (χ1v) is 13.1. The lowest BCUT2D eigenvalue weighted by Crippen LogP contribution is -2.57. The minimum absolute atomic E-state index is 0.0206. The Bertz CT molecular complexity index is 801. The third-order valence-electron chi connectivity index (χ3n) is 5.57. The van der Waals surface area contributed by atoms with Crippen molar-refractivity contribution in [3.05, 3.63) is 24.3 Å². The standard InChI is InChI=1S/C26H45N5O7/c1-18(2)20-9-10-22(32)27-11-7-6-8-21(24(33)29-20)30-25(34)23(19(3)4)31-26(35)28-12-13-37-16-17-38-15-14-36-5/h6,8-10,18-21,23H,7,11-17H2,1-5H3,(H,27,32)(H,29,33)(H,30,34)(H2,28,31,35). The average Bonchev–Trinajstić information content (AvgIpc) is 2.86. The van der Waals surface area contributed by atoms with Crippen LogP contribution in [0, 0.1) is 11.8 Å². The minimum Gasteiger partial charge on any atom is -0.382 e. The predicted octanol–water partition coefficient (Wildman–Crippen LogP) is 0.248. The summed E-state index contributed by atoms with van der Waals surface area (Å²) in [7, 11) is 1.60. The summed E-state index contributed by atoms with van der Waals surface area (Å²) in [5, 5.41) is 13.7. The van der Waals surface area contributed by atoms with Gasteiger partial charge in [-0.25, -0.2) is 4.79 Å². The quantitative estimate of drug-likeness (QED) is 0.156. The van der Waals surface area contributed by atoms with Gasteiger partial charge in [-0.3, -0.25) is 14.4 Å². The van der Waals surface area contributed by atoms with E-state index in [0.29, 0.717) is 46.0 Å². The van der Waals surface area contributed by atoms with Crippen molar-refractivity contribution in [2.75, 3.05) is 53.2 Å². The first-order valence-electron chi connectivity index (χ1n) is 13.1. The maximum Gasteiger partial charge on any atom is 0.315 e. The van der Waals surface area contributed by atoms with Crippen LogP contribution in [0.5, 0.6) is 0 Å². The van der Waals surface area contributed by atoms with Gasteiger partial charge in [-0.15, -0.1) is 0 Å². The molecule has 1 aliphatic heterocycles. The molecule has 1 aliphatic rings. The minimum atomic E-state index is -0.946. The Balaban J connectivity index is 2.66. The summed E-state index contributed by atoms with van der Waals surface area (Å²) >= 11 is 0. The van der Waals surface area contributed by atoms with E-state index in [1.165, 1.54) is 6.08 Å². The molecule has 3 unspecified atom stereocenters. The van der Waals surface area contributed by atoms with Crippen molar-refractivity contribution in [1.82, 2.24) is 26.6 Å². The van der Waals surface area contributed by atoms with E-state index in [4.69, 9.17) is 14.2 Å². The topological polar surface area (TPSA) is 156 Å². The lowest BCUT2D eigenvalue weighted by Gasteiger charge is -2.26. The van der Waals surface area contributed by atoms with Crippen LogP contribution in [0.1, 0.15) is 34.1 Å². The molecule has 12 heteroatoms. The summed E-state index contributed by atoms with van der Waals surface area (Å²) in [4.78, 5) is 50.4. The number of nitrogens with one attached hydrogen (secondary N) is 5. The number of hydrogen-bond donors (Lipinski definition) is 5.